The minimum Gasteiger partial charge on any atom is -0.493 e. The highest BCUT2D eigenvalue weighted by Crippen LogP contribution is 2.06. The van der Waals surface area contributed by atoms with E-state index in [0.29, 0.717) is 6.42 Å². The molecule has 1 aliphatic heterocycles. The van der Waals surface area contributed by atoms with E-state index in [0.717, 1.165) is 0 Å². The van der Waals surface area contributed by atoms with E-state index < -0.39 is 0 Å². The second-order valence-corrected chi connectivity index (χ2v) is 1.88. The van der Waals surface area contributed by atoms with Crippen LogP contribution in [0.2, 0.25) is 0 Å². The van der Waals surface area contributed by atoms with Crippen molar-refractivity contribution < 1.29 is 9.53 Å². The standard InChI is InChI=1S/C7H8O2/c1-2-7-5-6(8)3-4-9-7/h2-4,7H,1,5H2/t7-/m0/s1. The van der Waals surface area contributed by atoms with E-state index in [-0.39, 0.29) is 11.9 Å². The molecule has 0 saturated carbocycles. The van der Waals surface area contributed by atoms with Crippen molar-refractivity contribution in [1.82, 2.24) is 0 Å². The summed E-state index contributed by atoms with van der Waals surface area (Å²) in [7, 11) is 0. The number of hydrogen-bond donors (Lipinski definition) is 0. The van der Waals surface area contributed by atoms with Gasteiger partial charge < -0.3 is 4.74 Å². The van der Waals surface area contributed by atoms with Gasteiger partial charge in [0.2, 0.25) is 0 Å². The predicted molar refractivity (Wildman–Crippen MR) is 33.8 cm³/mol. The Kier molecular flexibility index (Phi) is 1.68. The molecule has 0 aliphatic carbocycles. The minimum absolute atomic E-state index is 0.103. The summed E-state index contributed by atoms with van der Waals surface area (Å²) in [5.74, 6) is 0.103. The van der Waals surface area contributed by atoms with Crippen LogP contribution in [-0.4, -0.2) is 11.9 Å². The monoisotopic (exact) mass is 124 g/mol. The van der Waals surface area contributed by atoms with Gasteiger partial charge in [0.15, 0.2) is 5.78 Å². The minimum atomic E-state index is -0.109. The molecule has 0 bridgehead atoms. The van der Waals surface area contributed by atoms with Gasteiger partial charge >= 0.3 is 0 Å². The van der Waals surface area contributed by atoms with Crippen molar-refractivity contribution in [2.24, 2.45) is 0 Å². The van der Waals surface area contributed by atoms with E-state index >= 15 is 0 Å². The Morgan fingerprint density at radius 2 is 2.67 bits per heavy atom. The normalized spacial score (nSPS) is 25.3. The molecule has 0 aromatic carbocycles. The third kappa shape index (κ3) is 1.42. The van der Waals surface area contributed by atoms with Crippen LogP contribution in [0.25, 0.3) is 0 Å². The number of hydrogen-bond acceptors (Lipinski definition) is 2. The lowest BCUT2D eigenvalue weighted by Crippen LogP contribution is -2.15. The Hall–Kier alpha value is -1.05. The molecule has 0 spiro atoms. The first-order chi connectivity index (χ1) is 4.33. The molecular weight excluding hydrogens is 116 g/mol. The van der Waals surface area contributed by atoms with Crippen LogP contribution in [0, 0.1) is 0 Å². The van der Waals surface area contributed by atoms with Crippen LogP contribution in [-0.2, 0) is 9.53 Å². The van der Waals surface area contributed by atoms with E-state index in [1.54, 1.807) is 6.08 Å². The van der Waals surface area contributed by atoms with E-state index in [1.807, 2.05) is 0 Å². The number of ketones is 1. The zero-order chi connectivity index (χ0) is 6.69. The van der Waals surface area contributed by atoms with Crippen LogP contribution in [0.3, 0.4) is 0 Å². The second-order valence-electron chi connectivity index (χ2n) is 1.88. The van der Waals surface area contributed by atoms with Crippen LogP contribution < -0.4 is 0 Å². The molecule has 0 fully saturated rings. The van der Waals surface area contributed by atoms with Crippen LogP contribution in [0.4, 0.5) is 0 Å². The molecule has 0 aromatic heterocycles. The van der Waals surface area contributed by atoms with E-state index in [4.69, 9.17) is 4.74 Å². The maximum absolute atomic E-state index is 10.6. The number of carbonyl (C=O) groups excluding carboxylic acids is 1. The Balaban J connectivity index is 2.56. The average molecular weight is 124 g/mol. The highest BCUT2D eigenvalue weighted by molar-refractivity contribution is 5.90. The van der Waals surface area contributed by atoms with Gasteiger partial charge in [0, 0.05) is 6.08 Å². The summed E-state index contributed by atoms with van der Waals surface area (Å²) >= 11 is 0. The molecule has 48 valence electrons. The van der Waals surface area contributed by atoms with Crippen LogP contribution in [0.5, 0.6) is 0 Å². The molecular formula is C7H8O2. The first-order valence-corrected chi connectivity index (χ1v) is 2.80. The van der Waals surface area contributed by atoms with Crippen LogP contribution in [0.1, 0.15) is 6.42 Å². The zero-order valence-corrected chi connectivity index (χ0v) is 5.04. The fourth-order valence-corrected chi connectivity index (χ4v) is 0.669. The van der Waals surface area contributed by atoms with Crippen molar-refractivity contribution in [3.63, 3.8) is 0 Å². The van der Waals surface area contributed by atoms with Crippen molar-refractivity contribution in [1.29, 1.82) is 0 Å². The molecule has 0 N–H and O–H groups in total. The predicted octanol–water partition coefficient (Wildman–Crippen LogP) is 1.04. The van der Waals surface area contributed by atoms with Crippen LogP contribution >= 0.6 is 0 Å². The van der Waals surface area contributed by atoms with Crippen molar-refractivity contribution >= 4 is 5.78 Å². The lowest BCUT2D eigenvalue weighted by Gasteiger charge is -2.13. The van der Waals surface area contributed by atoms with E-state index in [9.17, 15) is 4.79 Å². The van der Waals surface area contributed by atoms with Crippen molar-refractivity contribution in [2.75, 3.05) is 0 Å². The second kappa shape index (κ2) is 2.49. The van der Waals surface area contributed by atoms with Gasteiger partial charge in [-0.05, 0) is 0 Å². The molecule has 1 aliphatic rings. The van der Waals surface area contributed by atoms with Gasteiger partial charge in [-0.2, -0.15) is 0 Å². The molecule has 0 amide bonds. The fourth-order valence-electron chi connectivity index (χ4n) is 0.669. The Morgan fingerprint density at radius 1 is 1.89 bits per heavy atom. The van der Waals surface area contributed by atoms with Crippen molar-refractivity contribution in [2.45, 2.75) is 12.5 Å². The molecule has 0 saturated heterocycles. The fraction of sp³-hybridized carbons (Fsp3) is 0.286. The summed E-state index contributed by atoms with van der Waals surface area (Å²) in [4.78, 5) is 10.6. The third-order valence-corrected chi connectivity index (χ3v) is 1.17. The summed E-state index contributed by atoms with van der Waals surface area (Å²) < 4.78 is 4.98. The molecule has 2 heteroatoms. The first-order valence-electron chi connectivity index (χ1n) is 2.80. The Labute approximate surface area is 53.8 Å². The summed E-state index contributed by atoms with van der Waals surface area (Å²) in [5.41, 5.74) is 0. The molecule has 0 unspecified atom stereocenters. The maximum Gasteiger partial charge on any atom is 0.162 e. The highest BCUT2D eigenvalue weighted by Gasteiger charge is 2.11. The number of allylic oxidation sites excluding steroid dienone is 1. The molecule has 0 aromatic rings. The largest absolute Gasteiger partial charge is 0.493 e. The maximum atomic E-state index is 10.6. The smallest absolute Gasteiger partial charge is 0.162 e. The lowest BCUT2D eigenvalue weighted by atomic mass is 10.1. The van der Waals surface area contributed by atoms with E-state index in [2.05, 4.69) is 6.58 Å². The third-order valence-electron chi connectivity index (χ3n) is 1.17. The van der Waals surface area contributed by atoms with Gasteiger partial charge in [0.05, 0.1) is 12.7 Å². The van der Waals surface area contributed by atoms with Crippen LogP contribution in [0.15, 0.2) is 25.0 Å². The van der Waals surface area contributed by atoms with Crippen molar-refractivity contribution in [3.8, 4) is 0 Å². The molecule has 2 nitrogen and oxygen atoms in total. The molecule has 1 heterocycles. The first kappa shape index (κ1) is 6.08. The van der Waals surface area contributed by atoms with Gasteiger partial charge in [-0.15, -0.1) is 0 Å². The Morgan fingerprint density at radius 3 is 3.11 bits per heavy atom. The number of carbonyl (C=O) groups is 1. The molecule has 0 radical (unpaired) electrons. The Bertz CT molecular complexity index is 158. The zero-order valence-electron chi connectivity index (χ0n) is 5.04. The summed E-state index contributed by atoms with van der Waals surface area (Å²) in [5, 5.41) is 0. The van der Waals surface area contributed by atoms with Gasteiger partial charge in [-0.3, -0.25) is 4.79 Å². The summed E-state index contributed by atoms with van der Waals surface area (Å²) in [6.45, 7) is 3.51. The van der Waals surface area contributed by atoms with Gasteiger partial charge in [0.25, 0.3) is 0 Å². The summed E-state index contributed by atoms with van der Waals surface area (Å²) in [6, 6.07) is 0. The van der Waals surface area contributed by atoms with Crippen molar-refractivity contribution in [3.05, 3.63) is 25.0 Å². The lowest BCUT2D eigenvalue weighted by molar-refractivity contribution is -0.117. The van der Waals surface area contributed by atoms with Gasteiger partial charge in [0.1, 0.15) is 6.10 Å². The SMILES string of the molecule is C=C[C@H]1CC(=O)C=CO1. The molecule has 9 heavy (non-hydrogen) atoms. The highest BCUT2D eigenvalue weighted by atomic mass is 16.5. The molecule has 1 rings (SSSR count). The van der Waals surface area contributed by atoms with Gasteiger partial charge in [-0.25, -0.2) is 0 Å². The van der Waals surface area contributed by atoms with Gasteiger partial charge in [-0.1, -0.05) is 12.7 Å². The molecule has 1 atom stereocenters. The quantitative estimate of drug-likeness (QED) is 0.488. The number of rotatable bonds is 1. The summed E-state index contributed by atoms with van der Waals surface area (Å²) in [6.07, 6.45) is 4.79. The number of ether oxygens (including phenoxy) is 1. The van der Waals surface area contributed by atoms with E-state index in [1.165, 1.54) is 12.3 Å². The average Bonchev–Trinajstić information content (AvgIpc) is 1.88. The topological polar surface area (TPSA) is 26.3 Å².